The molecule has 0 saturated heterocycles. The maximum atomic E-state index is 12.0. The zero-order valence-corrected chi connectivity index (χ0v) is 11.7. The molecule has 0 atom stereocenters. The number of fused-ring (bicyclic) bond motifs is 1. The number of nitrogens with two attached hydrogens (primary N) is 1. The number of unbranched alkanes of at least 4 members (excludes halogenated alkanes) is 1. The molecule has 104 valence electrons. The van der Waals surface area contributed by atoms with Gasteiger partial charge >= 0.3 is 0 Å². The summed E-state index contributed by atoms with van der Waals surface area (Å²) < 4.78 is 5.49. The third kappa shape index (κ3) is 3.07. The van der Waals surface area contributed by atoms with Crippen LogP contribution in [-0.4, -0.2) is 25.6 Å². The van der Waals surface area contributed by atoms with Crippen molar-refractivity contribution in [1.29, 1.82) is 0 Å². The van der Waals surface area contributed by atoms with Crippen LogP contribution in [0.3, 0.4) is 0 Å². The molecular formula is C15H22N2O2. The molecule has 0 bridgehead atoms. The fraction of sp³-hybridized carbons (Fsp3) is 0.533. The number of hydrogen-bond donors (Lipinski definition) is 1. The van der Waals surface area contributed by atoms with Crippen LogP contribution in [0.25, 0.3) is 0 Å². The Labute approximate surface area is 114 Å². The van der Waals surface area contributed by atoms with Gasteiger partial charge in [0.2, 0.25) is 0 Å². The molecule has 0 aliphatic carbocycles. The zero-order chi connectivity index (χ0) is 13.8. The van der Waals surface area contributed by atoms with Gasteiger partial charge in [0.15, 0.2) is 6.61 Å². The third-order valence-electron chi connectivity index (χ3n) is 3.43. The fourth-order valence-corrected chi connectivity index (χ4v) is 2.24. The smallest absolute Gasteiger partial charge is 0.265 e. The van der Waals surface area contributed by atoms with Crippen molar-refractivity contribution >= 4 is 11.6 Å². The zero-order valence-electron chi connectivity index (χ0n) is 11.7. The van der Waals surface area contributed by atoms with Crippen molar-refractivity contribution in [2.24, 2.45) is 5.73 Å². The standard InChI is InChI=1S/C15H22N2O2/c1-11(2)12-5-6-14-13(9-12)17(8-4-3-7-16)15(18)10-19-14/h5-6,9,11H,3-4,7-8,10,16H2,1-2H3. The Kier molecular flexibility index (Phi) is 4.43. The molecule has 0 spiro atoms. The molecule has 2 rings (SSSR count). The Balaban J connectivity index is 2.25. The second-order valence-electron chi connectivity index (χ2n) is 5.21. The summed E-state index contributed by atoms with van der Waals surface area (Å²) in [6.45, 7) is 5.81. The van der Waals surface area contributed by atoms with Crippen molar-refractivity contribution in [1.82, 2.24) is 0 Å². The van der Waals surface area contributed by atoms with Crippen molar-refractivity contribution in [3.63, 3.8) is 0 Å². The largest absolute Gasteiger partial charge is 0.482 e. The van der Waals surface area contributed by atoms with E-state index in [1.807, 2.05) is 11.0 Å². The van der Waals surface area contributed by atoms with Crippen molar-refractivity contribution in [3.05, 3.63) is 23.8 Å². The number of ether oxygens (including phenoxy) is 1. The SMILES string of the molecule is CC(C)c1ccc2c(c1)N(CCCCN)C(=O)CO2. The Bertz CT molecular complexity index is 457. The van der Waals surface area contributed by atoms with Crippen LogP contribution in [0.4, 0.5) is 5.69 Å². The molecule has 1 aromatic carbocycles. The molecule has 1 heterocycles. The summed E-state index contributed by atoms with van der Waals surface area (Å²) in [5.41, 5.74) is 7.63. The van der Waals surface area contributed by atoms with Gasteiger partial charge in [-0.05, 0) is 43.0 Å². The summed E-state index contributed by atoms with van der Waals surface area (Å²) in [5, 5.41) is 0. The van der Waals surface area contributed by atoms with Crippen molar-refractivity contribution < 1.29 is 9.53 Å². The van der Waals surface area contributed by atoms with Crippen molar-refractivity contribution in [3.8, 4) is 5.75 Å². The topological polar surface area (TPSA) is 55.6 Å². The fourth-order valence-electron chi connectivity index (χ4n) is 2.24. The van der Waals surface area contributed by atoms with Crippen LogP contribution in [0.1, 0.15) is 38.2 Å². The van der Waals surface area contributed by atoms with E-state index >= 15 is 0 Å². The van der Waals surface area contributed by atoms with E-state index in [-0.39, 0.29) is 12.5 Å². The van der Waals surface area contributed by atoms with E-state index < -0.39 is 0 Å². The van der Waals surface area contributed by atoms with E-state index in [4.69, 9.17) is 10.5 Å². The molecule has 0 aromatic heterocycles. The quantitative estimate of drug-likeness (QED) is 0.828. The van der Waals surface area contributed by atoms with Crippen LogP contribution >= 0.6 is 0 Å². The number of carbonyl (C=O) groups is 1. The van der Waals surface area contributed by atoms with Crippen molar-refractivity contribution in [2.45, 2.75) is 32.6 Å². The highest BCUT2D eigenvalue weighted by molar-refractivity contribution is 5.97. The van der Waals surface area contributed by atoms with Gasteiger partial charge < -0.3 is 15.4 Å². The molecule has 4 heteroatoms. The number of amides is 1. The van der Waals surface area contributed by atoms with Crippen LogP contribution in [-0.2, 0) is 4.79 Å². The predicted octanol–water partition coefficient (Wildman–Crippen LogP) is 2.27. The second-order valence-corrected chi connectivity index (χ2v) is 5.21. The van der Waals surface area contributed by atoms with E-state index in [0.29, 0.717) is 19.0 Å². The highest BCUT2D eigenvalue weighted by atomic mass is 16.5. The molecular weight excluding hydrogens is 240 g/mol. The second kappa shape index (κ2) is 6.06. The number of benzene rings is 1. The van der Waals surface area contributed by atoms with Crippen LogP contribution in [0.5, 0.6) is 5.75 Å². The Morgan fingerprint density at radius 3 is 2.84 bits per heavy atom. The van der Waals surface area contributed by atoms with Gasteiger partial charge in [-0.25, -0.2) is 0 Å². The Hall–Kier alpha value is -1.55. The minimum atomic E-state index is 0.0328. The lowest BCUT2D eigenvalue weighted by molar-refractivity contribution is -0.121. The average molecular weight is 262 g/mol. The first-order valence-electron chi connectivity index (χ1n) is 6.90. The third-order valence-corrected chi connectivity index (χ3v) is 3.43. The highest BCUT2D eigenvalue weighted by Gasteiger charge is 2.25. The number of nitrogens with zero attached hydrogens (tertiary/aromatic N) is 1. The van der Waals surface area contributed by atoms with Crippen molar-refractivity contribution in [2.75, 3.05) is 24.6 Å². The van der Waals surface area contributed by atoms with Gasteiger partial charge in [-0.3, -0.25) is 4.79 Å². The lowest BCUT2D eigenvalue weighted by atomic mass is 10.0. The van der Waals surface area contributed by atoms with Crippen LogP contribution in [0.15, 0.2) is 18.2 Å². The summed E-state index contributed by atoms with van der Waals surface area (Å²) in [4.78, 5) is 13.8. The molecule has 19 heavy (non-hydrogen) atoms. The van der Waals surface area contributed by atoms with E-state index in [1.54, 1.807) is 0 Å². The monoisotopic (exact) mass is 262 g/mol. The number of carbonyl (C=O) groups excluding carboxylic acids is 1. The molecule has 0 radical (unpaired) electrons. The van der Waals surface area contributed by atoms with Crippen LogP contribution < -0.4 is 15.4 Å². The molecule has 0 fully saturated rings. The maximum Gasteiger partial charge on any atom is 0.265 e. The summed E-state index contributed by atoms with van der Waals surface area (Å²) in [5.74, 6) is 1.27. The first-order valence-corrected chi connectivity index (χ1v) is 6.90. The minimum Gasteiger partial charge on any atom is -0.482 e. The van der Waals surface area contributed by atoms with E-state index in [2.05, 4.69) is 26.0 Å². The number of hydrogen-bond acceptors (Lipinski definition) is 3. The summed E-state index contributed by atoms with van der Waals surface area (Å²) in [6.07, 6.45) is 1.86. The predicted molar refractivity (Wildman–Crippen MR) is 76.7 cm³/mol. The van der Waals surface area contributed by atoms with E-state index in [0.717, 1.165) is 24.3 Å². The number of anilines is 1. The maximum absolute atomic E-state index is 12.0. The molecule has 2 N–H and O–H groups in total. The van der Waals surface area contributed by atoms with Gasteiger partial charge in [0.05, 0.1) is 5.69 Å². The molecule has 0 unspecified atom stereocenters. The van der Waals surface area contributed by atoms with Gasteiger partial charge in [0.1, 0.15) is 5.75 Å². The lowest BCUT2D eigenvalue weighted by Crippen LogP contribution is -2.39. The van der Waals surface area contributed by atoms with Gasteiger partial charge in [0, 0.05) is 6.54 Å². The molecule has 1 aliphatic rings. The summed E-state index contributed by atoms with van der Waals surface area (Å²) in [6, 6.07) is 6.10. The minimum absolute atomic E-state index is 0.0328. The highest BCUT2D eigenvalue weighted by Crippen LogP contribution is 2.34. The van der Waals surface area contributed by atoms with Gasteiger partial charge in [-0.1, -0.05) is 19.9 Å². The summed E-state index contributed by atoms with van der Waals surface area (Å²) >= 11 is 0. The van der Waals surface area contributed by atoms with E-state index in [9.17, 15) is 4.79 Å². The number of rotatable bonds is 5. The Morgan fingerprint density at radius 1 is 1.37 bits per heavy atom. The van der Waals surface area contributed by atoms with Gasteiger partial charge in [0.25, 0.3) is 5.91 Å². The van der Waals surface area contributed by atoms with Gasteiger partial charge in [-0.2, -0.15) is 0 Å². The molecule has 0 saturated carbocycles. The lowest BCUT2D eigenvalue weighted by Gasteiger charge is -2.30. The van der Waals surface area contributed by atoms with E-state index in [1.165, 1.54) is 5.56 Å². The first-order chi connectivity index (χ1) is 9.13. The summed E-state index contributed by atoms with van der Waals surface area (Å²) in [7, 11) is 0. The molecule has 1 aliphatic heterocycles. The van der Waals surface area contributed by atoms with Crippen LogP contribution in [0.2, 0.25) is 0 Å². The Morgan fingerprint density at radius 2 is 2.16 bits per heavy atom. The normalized spacial score (nSPS) is 14.5. The molecule has 4 nitrogen and oxygen atoms in total. The average Bonchev–Trinajstić information content (AvgIpc) is 2.40. The first kappa shape index (κ1) is 13.9. The van der Waals surface area contributed by atoms with Crippen LogP contribution in [0, 0.1) is 0 Å². The molecule has 1 amide bonds. The molecule has 1 aromatic rings. The van der Waals surface area contributed by atoms with Gasteiger partial charge in [-0.15, -0.1) is 0 Å².